The van der Waals surface area contributed by atoms with E-state index in [1.807, 2.05) is 17.8 Å². The Bertz CT molecular complexity index is 419. The monoisotopic (exact) mass is 270 g/mol. The van der Waals surface area contributed by atoms with E-state index < -0.39 is 5.91 Å². The number of amides is 1. The van der Waals surface area contributed by atoms with E-state index in [-0.39, 0.29) is 0 Å². The van der Waals surface area contributed by atoms with Gasteiger partial charge in [-0.15, -0.1) is 0 Å². The maximum absolute atomic E-state index is 11.2. The molecule has 92 valence electrons. The zero-order valence-electron chi connectivity index (χ0n) is 9.41. The summed E-state index contributed by atoms with van der Waals surface area (Å²) in [5.74, 6) is 1.89. The normalized spacial score (nSPS) is 16.8. The molecule has 0 radical (unpaired) electrons. The molecular formula is C12H15ClN2OS. The van der Waals surface area contributed by atoms with Crippen LogP contribution in [0.2, 0.25) is 5.02 Å². The van der Waals surface area contributed by atoms with Gasteiger partial charge in [0.05, 0.1) is 10.6 Å². The molecule has 1 aliphatic heterocycles. The summed E-state index contributed by atoms with van der Waals surface area (Å²) in [6.45, 7) is 0. The molecule has 0 unspecified atom stereocenters. The van der Waals surface area contributed by atoms with E-state index >= 15 is 0 Å². The van der Waals surface area contributed by atoms with Crippen LogP contribution in [0.4, 0.5) is 5.69 Å². The number of anilines is 1. The molecule has 1 amide bonds. The lowest BCUT2D eigenvalue weighted by Gasteiger charge is -2.23. The van der Waals surface area contributed by atoms with Crippen LogP contribution in [-0.2, 0) is 0 Å². The Labute approximate surface area is 110 Å². The highest BCUT2D eigenvalue weighted by Gasteiger charge is 2.14. The summed E-state index contributed by atoms with van der Waals surface area (Å²) in [6, 6.07) is 5.81. The summed E-state index contributed by atoms with van der Waals surface area (Å²) in [5, 5.41) is 3.83. The molecule has 0 aromatic heterocycles. The lowest BCUT2D eigenvalue weighted by Crippen LogP contribution is -2.24. The van der Waals surface area contributed by atoms with Crippen molar-refractivity contribution in [2.75, 3.05) is 16.8 Å². The van der Waals surface area contributed by atoms with Crippen molar-refractivity contribution in [1.29, 1.82) is 0 Å². The van der Waals surface area contributed by atoms with E-state index in [0.29, 0.717) is 16.6 Å². The van der Waals surface area contributed by atoms with Crippen molar-refractivity contribution in [2.24, 2.45) is 5.73 Å². The second kappa shape index (κ2) is 5.65. The molecule has 1 aromatic carbocycles. The molecule has 2 rings (SSSR count). The van der Waals surface area contributed by atoms with Crippen LogP contribution in [0.15, 0.2) is 18.2 Å². The summed E-state index contributed by atoms with van der Waals surface area (Å²) in [5.41, 5.74) is 6.56. The molecule has 3 nitrogen and oxygen atoms in total. The van der Waals surface area contributed by atoms with Crippen molar-refractivity contribution < 1.29 is 4.79 Å². The summed E-state index contributed by atoms with van der Waals surface area (Å²) in [4.78, 5) is 11.2. The molecule has 0 bridgehead atoms. The molecule has 0 spiro atoms. The zero-order valence-corrected chi connectivity index (χ0v) is 11.0. The molecule has 1 aromatic rings. The van der Waals surface area contributed by atoms with Crippen LogP contribution in [0.3, 0.4) is 0 Å². The van der Waals surface area contributed by atoms with Crippen molar-refractivity contribution >= 4 is 35.0 Å². The van der Waals surface area contributed by atoms with Crippen LogP contribution in [0, 0.1) is 0 Å². The molecule has 17 heavy (non-hydrogen) atoms. The highest BCUT2D eigenvalue weighted by atomic mass is 35.5. The fourth-order valence-electron chi connectivity index (χ4n) is 1.88. The number of hydrogen-bond donors (Lipinski definition) is 2. The Balaban J connectivity index is 2.10. The summed E-state index contributed by atoms with van der Waals surface area (Å²) in [7, 11) is 0. The highest BCUT2D eigenvalue weighted by molar-refractivity contribution is 7.99. The number of halogens is 1. The van der Waals surface area contributed by atoms with Gasteiger partial charge in [-0.2, -0.15) is 11.8 Å². The summed E-state index contributed by atoms with van der Waals surface area (Å²) >= 11 is 7.89. The van der Waals surface area contributed by atoms with E-state index in [2.05, 4.69) is 5.32 Å². The van der Waals surface area contributed by atoms with Crippen molar-refractivity contribution in [3.63, 3.8) is 0 Å². The van der Waals surface area contributed by atoms with Crippen molar-refractivity contribution in [3.05, 3.63) is 28.8 Å². The first-order valence-corrected chi connectivity index (χ1v) is 7.14. The standard InChI is InChI=1S/C12H15ClN2OS/c13-11-2-1-9(7-10(11)12(14)16)15-8-3-5-17-6-4-8/h1-2,7-8,15H,3-6H2,(H2,14,16). The number of primary amides is 1. The van der Waals surface area contributed by atoms with Gasteiger partial charge in [0, 0.05) is 11.7 Å². The Hall–Kier alpha value is -0.870. The Morgan fingerprint density at radius 3 is 2.76 bits per heavy atom. The molecule has 0 saturated carbocycles. The predicted molar refractivity (Wildman–Crippen MR) is 73.9 cm³/mol. The average molecular weight is 271 g/mol. The van der Waals surface area contributed by atoms with Gasteiger partial charge in [-0.1, -0.05) is 11.6 Å². The second-order valence-electron chi connectivity index (χ2n) is 4.09. The van der Waals surface area contributed by atoms with Crippen LogP contribution in [0.1, 0.15) is 23.2 Å². The van der Waals surface area contributed by atoms with Gasteiger partial charge in [-0.3, -0.25) is 4.79 Å². The summed E-state index contributed by atoms with van der Waals surface area (Å²) < 4.78 is 0. The van der Waals surface area contributed by atoms with Crippen molar-refractivity contribution in [2.45, 2.75) is 18.9 Å². The Morgan fingerprint density at radius 1 is 1.41 bits per heavy atom. The maximum Gasteiger partial charge on any atom is 0.250 e. The molecule has 1 aliphatic rings. The zero-order chi connectivity index (χ0) is 12.3. The molecule has 3 N–H and O–H groups in total. The molecule has 0 aliphatic carbocycles. The number of nitrogens with one attached hydrogen (secondary N) is 1. The van der Waals surface area contributed by atoms with Gasteiger partial charge in [0.2, 0.25) is 5.91 Å². The lowest BCUT2D eigenvalue weighted by atomic mass is 10.1. The minimum Gasteiger partial charge on any atom is -0.382 e. The van der Waals surface area contributed by atoms with Crippen LogP contribution in [0.25, 0.3) is 0 Å². The average Bonchev–Trinajstić information content (AvgIpc) is 2.32. The lowest BCUT2D eigenvalue weighted by molar-refractivity contribution is 0.100. The van der Waals surface area contributed by atoms with E-state index in [1.54, 1.807) is 12.1 Å². The van der Waals surface area contributed by atoms with E-state index in [1.165, 1.54) is 11.5 Å². The molecule has 5 heteroatoms. The third-order valence-electron chi connectivity index (χ3n) is 2.82. The number of rotatable bonds is 3. The molecular weight excluding hydrogens is 256 g/mol. The predicted octanol–water partition coefficient (Wildman–Crippen LogP) is 2.75. The van der Waals surface area contributed by atoms with Crippen LogP contribution in [-0.4, -0.2) is 23.5 Å². The Morgan fingerprint density at radius 2 is 2.12 bits per heavy atom. The van der Waals surface area contributed by atoms with Gasteiger partial charge >= 0.3 is 0 Å². The van der Waals surface area contributed by atoms with Gasteiger partial charge in [-0.25, -0.2) is 0 Å². The highest BCUT2D eigenvalue weighted by Crippen LogP contribution is 2.24. The minimum absolute atomic E-state index is 0.377. The molecule has 1 saturated heterocycles. The molecule has 0 atom stereocenters. The van der Waals surface area contributed by atoms with Gasteiger partial charge in [-0.05, 0) is 42.5 Å². The first kappa shape index (κ1) is 12.6. The topological polar surface area (TPSA) is 55.1 Å². The van der Waals surface area contributed by atoms with Gasteiger partial charge in [0.25, 0.3) is 0 Å². The fourth-order valence-corrected chi connectivity index (χ4v) is 3.20. The molecule has 1 heterocycles. The SMILES string of the molecule is NC(=O)c1cc(NC2CCSCC2)ccc1Cl. The summed E-state index contributed by atoms with van der Waals surface area (Å²) in [6.07, 6.45) is 2.30. The van der Waals surface area contributed by atoms with Gasteiger partial charge in [0.15, 0.2) is 0 Å². The first-order chi connectivity index (χ1) is 8.16. The first-order valence-electron chi connectivity index (χ1n) is 5.60. The number of carbonyl (C=O) groups excluding carboxylic acids is 1. The third-order valence-corrected chi connectivity index (χ3v) is 4.20. The second-order valence-corrected chi connectivity index (χ2v) is 5.72. The number of carbonyl (C=O) groups is 1. The quantitative estimate of drug-likeness (QED) is 0.888. The largest absolute Gasteiger partial charge is 0.382 e. The van der Waals surface area contributed by atoms with Crippen LogP contribution >= 0.6 is 23.4 Å². The smallest absolute Gasteiger partial charge is 0.250 e. The van der Waals surface area contributed by atoms with Crippen molar-refractivity contribution in [3.8, 4) is 0 Å². The van der Waals surface area contributed by atoms with Crippen LogP contribution in [0.5, 0.6) is 0 Å². The number of hydrogen-bond acceptors (Lipinski definition) is 3. The fraction of sp³-hybridized carbons (Fsp3) is 0.417. The van der Waals surface area contributed by atoms with E-state index in [4.69, 9.17) is 17.3 Å². The number of nitrogens with two attached hydrogens (primary N) is 1. The van der Waals surface area contributed by atoms with E-state index in [0.717, 1.165) is 18.5 Å². The van der Waals surface area contributed by atoms with Crippen molar-refractivity contribution in [1.82, 2.24) is 0 Å². The van der Waals surface area contributed by atoms with Gasteiger partial charge < -0.3 is 11.1 Å². The maximum atomic E-state index is 11.2. The third kappa shape index (κ3) is 3.30. The van der Waals surface area contributed by atoms with E-state index in [9.17, 15) is 4.79 Å². The number of benzene rings is 1. The number of thioether (sulfide) groups is 1. The minimum atomic E-state index is -0.488. The molecule has 1 fully saturated rings. The Kier molecular flexibility index (Phi) is 4.18. The van der Waals surface area contributed by atoms with Gasteiger partial charge in [0.1, 0.15) is 0 Å². The van der Waals surface area contributed by atoms with Crippen LogP contribution < -0.4 is 11.1 Å².